The van der Waals surface area contributed by atoms with Crippen LogP contribution < -0.4 is 5.32 Å². The molecule has 1 aliphatic heterocycles. The maximum absolute atomic E-state index is 4.46. The number of nitrogens with one attached hydrogen (secondary N) is 1. The molecule has 17 heavy (non-hydrogen) atoms. The smallest absolute Gasteiger partial charge is 0.0573 e. The number of nitrogens with zero attached hydrogens (tertiary/aromatic N) is 2. The van der Waals surface area contributed by atoms with E-state index < -0.39 is 0 Å². The number of piperidine rings is 1. The van der Waals surface area contributed by atoms with Crippen molar-refractivity contribution in [2.45, 2.75) is 32.4 Å². The van der Waals surface area contributed by atoms with E-state index in [1.807, 2.05) is 12.3 Å². The summed E-state index contributed by atoms with van der Waals surface area (Å²) in [4.78, 5) is 6.90. The van der Waals surface area contributed by atoms with Crippen molar-refractivity contribution in [3.8, 4) is 0 Å². The van der Waals surface area contributed by atoms with Gasteiger partial charge in [0.15, 0.2) is 0 Å². The molecule has 1 N–H and O–H groups in total. The fraction of sp³-hybridized carbons (Fsp3) is 0.615. The molecule has 0 radical (unpaired) electrons. The molecule has 1 aliphatic rings. The number of halogens is 1. The molecule has 1 fully saturated rings. The predicted molar refractivity (Wildman–Crippen MR) is 73.6 cm³/mol. The third-order valence-corrected chi connectivity index (χ3v) is 3.45. The molecule has 0 aromatic carbocycles. The molecule has 1 aromatic heterocycles. The number of aryl methyl sites for hydroxylation is 1. The van der Waals surface area contributed by atoms with Crippen molar-refractivity contribution in [2.24, 2.45) is 0 Å². The summed E-state index contributed by atoms with van der Waals surface area (Å²) in [5, 5.41) is 3.40. The Morgan fingerprint density at radius 3 is 2.76 bits per heavy atom. The molecule has 0 atom stereocenters. The SMILES string of the molecule is Cc1cccnc1CN(C)C1CCNCC1.Cl. The second-order valence-corrected chi connectivity index (χ2v) is 4.66. The highest BCUT2D eigenvalue weighted by Crippen LogP contribution is 2.14. The van der Waals surface area contributed by atoms with Crippen molar-refractivity contribution in [1.82, 2.24) is 15.2 Å². The van der Waals surface area contributed by atoms with Crippen molar-refractivity contribution in [3.05, 3.63) is 29.6 Å². The lowest BCUT2D eigenvalue weighted by atomic mass is 10.0. The Morgan fingerprint density at radius 1 is 1.41 bits per heavy atom. The van der Waals surface area contributed by atoms with Gasteiger partial charge in [-0.15, -0.1) is 12.4 Å². The van der Waals surface area contributed by atoms with Crippen LogP contribution in [0.15, 0.2) is 18.3 Å². The number of hydrogen-bond acceptors (Lipinski definition) is 3. The minimum Gasteiger partial charge on any atom is -0.317 e. The van der Waals surface area contributed by atoms with Crippen molar-refractivity contribution < 1.29 is 0 Å². The summed E-state index contributed by atoms with van der Waals surface area (Å²) in [6.07, 6.45) is 4.39. The van der Waals surface area contributed by atoms with Gasteiger partial charge in [-0.2, -0.15) is 0 Å². The Hall–Kier alpha value is -0.640. The first-order chi connectivity index (χ1) is 7.77. The van der Waals surface area contributed by atoms with Crippen LogP contribution in [0.3, 0.4) is 0 Å². The maximum atomic E-state index is 4.46. The standard InChI is InChI=1S/C13H21N3.ClH/c1-11-4-3-7-15-13(11)10-16(2)12-5-8-14-9-6-12;/h3-4,7,12,14H,5-6,8-10H2,1-2H3;1H. The van der Waals surface area contributed by atoms with Crippen molar-refractivity contribution in [2.75, 3.05) is 20.1 Å². The minimum absolute atomic E-state index is 0. The quantitative estimate of drug-likeness (QED) is 0.896. The summed E-state index contributed by atoms with van der Waals surface area (Å²) >= 11 is 0. The van der Waals surface area contributed by atoms with Gasteiger partial charge in [0, 0.05) is 18.8 Å². The van der Waals surface area contributed by atoms with Crippen LogP contribution in [0.1, 0.15) is 24.1 Å². The molecule has 0 saturated carbocycles. The van der Waals surface area contributed by atoms with Gasteiger partial charge in [-0.25, -0.2) is 0 Å². The van der Waals surface area contributed by atoms with Crippen LogP contribution >= 0.6 is 12.4 Å². The van der Waals surface area contributed by atoms with Crippen molar-refractivity contribution in [3.63, 3.8) is 0 Å². The van der Waals surface area contributed by atoms with E-state index in [-0.39, 0.29) is 12.4 Å². The second-order valence-electron chi connectivity index (χ2n) is 4.66. The normalized spacial score (nSPS) is 16.9. The maximum Gasteiger partial charge on any atom is 0.0573 e. The van der Waals surface area contributed by atoms with E-state index in [1.54, 1.807) is 0 Å². The van der Waals surface area contributed by atoms with Crippen LogP contribution in [0.5, 0.6) is 0 Å². The Morgan fingerprint density at radius 2 is 2.12 bits per heavy atom. The largest absolute Gasteiger partial charge is 0.317 e. The first-order valence-corrected chi connectivity index (χ1v) is 6.09. The van der Waals surface area contributed by atoms with Crippen LogP contribution in [-0.2, 0) is 6.54 Å². The Balaban J connectivity index is 0.00000144. The van der Waals surface area contributed by atoms with Crippen LogP contribution in [0.4, 0.5) is 0 Å². The Kier molecular flexibility index (Phi) is 5.89. The number of rotatable bonds is 3. The zero-order chi connectivity index (χ0) is 11.4. The first-order valence-electron chi connectivity index (χ1n) is 6.09. The molecule has 0 aliphatic carbocycles. The summed E-state index contributed by atoms with van der Waals surface area (Å²) in [7, 11) is 2.21. The van der Waals surface area contributed by atoms with E-state index in [9.17, 15) is 0 Å². The van der Waals surface area contributed by atoms with Crippen LogP contribution in [0.25, 0.3) is 0 Å². The summed E-state index contributed by atoms with van der Waals surface area (Å²) in [6, 6.07) is 4.85. The van der Waals surface area contributed by atoms with E-state index in [2.05, 4.69) is 35.2 Å². The average Bonchev–Trinajstić information content (AvgIpc) is 2.33. The van der Waals surface area contributed by atoms with Crippen LogP contribution in [0.2, 0.25) is 0 Å². The van der Waals surface area contributed by atoms with E-state index in [0.717, 1.165) is 19.6 Å². The lowest BCUT2D eigenvalue weighted by Crippen LogP contribution is -2.40. The molecule has 0 bridgehead atoms. The van der Waals surface area contributed by atoms with Crippen LogP contribution in [0, 0.1) is 6.92 Å². The topological polar surface area (TPSA) is 28.2 Å². The molecule has 3 nitrogen and oxygen atoms in total. The highest BCUT2D eigenvalue weighted by molar-refractivity contribution is 5.85. The zero-order valence-electron chi connectivity index (χ0n) is 10.6. The monoisotopic (exact) mass is 255 g/mol. The number of pyridine rings is 1. The van der Waals surface area contributed by atoms with Crippen molar-refractivity contribution in [1.29, 1.82) is 0 Å². The molecule has 96 valence electrons. The van der Waals surface area contributed by atoms with E-state index in [4.69, 9.17) is 0 Å². The zero-order valence-corrected chi connectivity index (χ0v) is 11.5. The summed E-state index contributed by atoms with van der Waals surface area (Å²) in [5.74, 6) is 0. The highest BCUT2D eigenvalue weighted by atomic mass is 35.5. The van der Waals surface area contributed by atoms with Crippen molar-refractivity contribution >= 4 is 12.4 Å². The lowest BCUT2D eigenvalue weighted by Gasteiger charge is -2.31. The highest BCUT2D eigenvalue weighted by Gasteiger charge is 2.18. The third-order valence-electron chi connectivity index (χ3n) is 3.45. The second kappa shape index (κ2) is 6.94. The van der Waals surface area contributed by atoms with Gasteiger partial charge in [0.05, 0.1) is 5.69 Å². The molecule has 2 heterocycles. The van der Waals surface area contributed by atoms with Gasteiger partial charge in [0.1, 0.15) is 0 Å². The fourth-order valence-electron chi connectivity index (χ4n) is 2.30. The Labute approximate surface area is 110 Å². The van der Waals surface area contributed by atoms with Gasteiger partial charge in [-0.05, 0) is 51.5 Å². The van der Waals surface area contributed by atoms with E-state index >= 15 is 0 Å². The van der Waals surface area contributed by atoms with Gasteiger partial charge in [0.2, 0.25) is 0 Å². The van der Waals surface area contributed by atoms with Gasteiger partial charge < -0.3 is 5.32 Å². The predicted octanol–water partition coefficient (Wildman–Crippen LogP) is 2.00. The summed E-state index contributed by atoms with van der Waals surface area (Å²) < 4.78 is 0. The number of aromatic nitrogens is 1. The molecular weight excluding hydrogens is 234 g/mol. The molecule has 0 unspecified atom stereocenters. The molecule has 4 heteroatoms. The van der Waals surface area contributed by atoms with Gasteiger partial charge in [-0.3, -0.25) is 9.88 Å². The van der Waals surface area contributed by atoms with E-state index in [1.165, 1.54) is 24.1 Å². The van der Waals surface area contributed by atoms with Gasteiger partial charge in [0.25, 0.3) is 0 Å². The fourth-order valence-corrected chi connectivity index (χ4v) is 2.30. The number of hydrogen-bond donors (Lipinski definition) is 1. The molecule has 1 saturated heterocycles. The van der Waals surface area contributed by atoms with Gasteiger partial charge in [-0.1, -0.05) is 6.07 Å². The first kappa shape index (κ1) is 14.4. The molecular formula is C13H22ClN3. The molecule has 2 rings (SSSR count). The van der Waals surface area contributed by atoms with Crippen LogP contribution in [-0.4, -0.2) is 36.1 Å². The molecule has 1 aromatic rings. The minimum atomic E-state index is 0. The van der Waals surface area contributed by atoms with E-state index in [0.29, 0.717) is 6.04 Å². The summed E-state index contributed by atoms with van der Waals surface area (Å²) in [6.45, 7) is 5.41. The van der Waals surface area contributed by atoms with Gasteiger partial charge >= 0.3 is 0 Å². The summed E-state index contributed by atoms with van der Waals surface area (Å²) in [5.41, 5.74) is 2.51. The lowest BCUT2D eigenvalue weighted by molar-refractivity contribution is 0.189. The molecule has 0 amide bonds. The third kappa shape index (κ3) is 3.95. The average molecular weight is 256 g/mol. The molecule has 0 spiro atoms. The Bertz CT molecular complexity index is 337.